The molecule has 0 aliphatic rings. The third-order valence-corrected chi connectivity index (χ3v) is 3.06. The lowest BCUT2D eigenvalue weighted by Gasteiger charge is -2.05. The van der Waals surface area contributed by atoms with Crippen molar-refractivity contribution in [2.45, 2.75) is 13.8 Å². The van der Waals surface area contributed by atoms with Gasteiger partial charge in [-0.2, -0.15) is 5.10 Å². The van der Waals surface area contributed by atoms with Gasteiger partial charge in [-0.1, -0.05) is 17.7 Å². The van der Waals surface area contributed by atoms with Crippen LogP contribution in [0.15, 0.2) is 18.2 Å². The average molecular weight is 260 g/mol. The van der Waals surface area contributed by atoms with Crippen molar-refractivity contribution in [2.24, 2.45) is 0 Å². The number of carbonyl (C=O) groups is 1. The van der Waals surface area contributed by atoms with Crippen LogP contribution >= 0.6 is 11.6 Å². The number of aldehydes is 1. The summed E-state index contributed by atoms with van der Waals surface area (Å²) in [5.74, 6) is 0. The van der Waals surface area contributed by atoms with Crippen molar-refractivity contribution in [3.63, 3.8) is 0 Å². The summed E-state index contributed by atoms with van der Waals surface area (Å²) in [6.45, 7) is 10.5. The molecule has 2 rings (SSSR count). The first-order chi connectivity index (χ1) is 8.58. The second-order valence-corrected chi connectivity index (χ2v) is 4.27. The van der Waals surface area contributed by atoms with E-state index >= 15 is 0 Å². The zero-order chi connectivity index (χ0) is 13.3. The van der Waals surface area contributed by atoms with E-state index in [9.17, 15) is 4.79 Å². The molecule has 90 valence electrons. The molecule has 2 aromatic rings. The quantitative estimate of drug-likeness (QED) is 0.612. The first kappa shape index (κ1) is 12.3. The molecule has 0 saturated heterocycles. The number of hydrogen-bond acceptors (Lipinski definition) is 2. The number of rotatable bonds is 2. The number of aryl methyl sites for hydroxylation is 1. The summed E-state index contributed by atoms with van der Waals surface area (Å²) < 4.78 is 1.65. The summed E-state index contributed by atoms with van der Waals surface area (Å²) in [6, 6.07) is 5.07. The summed E-state index contributed by atoms with van der Waals surface area (Å²) >= 11 is 5.99. The van der Waals surface area contributed by atoms with Crippen LogP contribution in [0.5, 0.6) is 0 Å². The topological polar surface area (TPSA) is 39.2 Å². The number of hydrogen-bond donors (Lipinski definition) is 0. The van der Waals surface area contributed by atoms with Crippen LogP contribution < -0.4 is 0 Å². The first-order valence-electron chi connectivity index (χ1n) is 5.27. The number of aromatic nitrogens is 2. The van der Waals surface area contributed by atoms with Crippen molar-refractivity contribution in [1.29, 1.82) is 0 Å². The van der Waals surface area contributed by atoms with Crippen LogP contribution in [0.1, 0.15) is 21.7 Å². The van der Waals surface area contributed by atoms with Crippen LogP contribution in [-0.4, -0.2) is 16.1 Å². The summed E-state index contributed by atoms with van der Waals surface area (Å²) in [5.41, 5.74) is 3.15. The van der Waals surface area contributed by atoms with Crippen LogP contribution in [0.2, 0.25) is 5.02 Å². The minimum Gasteiger partial charge on any atom is -0.298 e. The third kappa shape index (κ3) is 1.89. The molecular formula is C13H10ClN3O. The Kier molecular flexibility index (Phi) is 3.17. The van der Waals surface area contributed by atoms with Gasteiger partial charge in [-0.25, -0.2) is 9.53 Å². The highest BCUT2D eigenvalue weighted by atomic mass is 35.5. The molecule has 0 unspecified atom stereocenters. The van der Waals surface area contributed by atoms with Gasteiger partial charge in [-0.05, 0) is 26.0 Å². The van der Waals surface area contributed by atoms with Crippen LogP contribution in [0.25, 0.3) is 10.5 Å². The van der Waals surface area contributed by atoms with Crippen molar-refractivity contribution in [3.05, 3.63) is 51.6 Å². The van der Waals surface area contributed by atoms with Crippen molar-refractivity contribution in [1.82, 2.24) is 9.78 Å². The molecule has 0 bridgehead atoms. The Balaban J connectivity index is 2.60. The SMILES string of the molecule is [C-]#[N+]c1ccc(-n2nc(C)c(C=O)c2C)cc1Cl. The van der Waals surface area contributed by atoms with Gasteiger partial charge in [0.1, 0.15) is 0 Å². The maximum absolute atomic E-state index is 10.9. The van der Waals surface area contributed by atoms with Crippen LogP contribution in [0, 0.1) is 20.4 Å². The molecule has 5 heteroatoms. The Morgan fingerprint density at radius 3 is 2.67 bits per heavy atom. The van der Waals surface area contributed by atoms with E-state index in [-0.39, 0.29) is 0 Å². The van der Waals surface area contributed by atoms with Gasteiger partial charge < -0.3 is 0 Å². The molecule has 0 N–H and O–H groups in total. The molecule has 0 amide bonds. The highest BCUT2D eigenvalue weighted by Gasteiger charge is 2.12. The number of nitrogens with zero attached hydrogens (tertiary/aromatic N) is 3. The minimum atomic E-state index is 0.378. The molecule has 0 saturated carbocycles. The average Bonchev–Trinajstić information content (AvgIpc) is 2.64. The van der Waals surface area contributed by atoms with Gasteiger partial charge in [-0.15, -0.1) is 0 Å². The Morgan fingerprint density at radius 2 is 2.17 bits per heavy atom. The van der Waals surface area contributed by atoms with E-state index in [0.717, 1.165) is 17.7 Å². The Hall–Kier alpha value is -2.12. The molecule has 0 fully saturated rings. The smallest absolute Gasteiger partial charge is 0.205 e. The third-order valence-electron chi connectivity index (χ3n) is 2.76. The molecule has 1 aromatic carbocycles. The monoisotopic (exact) mass is 259 g/mol. The van der Waals surface area contributed by atoms with Crippen LogP contribution in [0.4, 0.5) is 5.69 Å². The van der Waals surface area contributed by atoms with Crippen LogP contribution in [0.3, 0.4) is 0 Å². The lowest BCUT2D eigenvalue weighted by molar-refractivity contribution is 0.112. The Morgan fingerprint density at radius 1 is 1.44 bits per heavy atom. The predicted octanol–water partition coefficient (Wildman–Crippen LogP) is 3.51. The second-order valence-electron chi connectivity index (χ2n) is 3.86. The standard InChI is InChI=1S/C13H10ClN3O/c1-8-11(7-18)9(2)17(16-8)10-4-5-13(15-3)12(14)6-10/h4-7H,1-2H3. The summed E-state index contributed by atoms with van der Waals surface area (Å²) in [5, 5.41) is 4.67. The Bertz CT molecular complexity index is 668. The molecule has 1 aromatic heterocycles. The lowest BCUT2D eigenvalue weighted by Crippen LogP contribution is -1.99. The normalized spacial score (nSPS) is 10.1. The Labute approximate surface area is 110 Å². The molecule has 0 spiro atoms. The van der Waals surface area contributed by atoms with Crippen molar-refractivity contribution in [2.75, 3.05) is 0 Å². The predicted molar refractivity (Wildman–Crippen MR) is 69.7 cm³/mol. The van der Waals surface area contributed by atoms with E-state index in [2.05, 4.69) is 9.94 Å². The van der Waals surface area contributed by atoms with E-state index in [0.29, 0.717) is 22.0 Å². The summed E-state index contributed by atoms with van der Waals surface area (Å²) in [7, 11) is 0. The van der Waals surface area contributed by atoms with Gasteiger partial charge in [-0.3, -0.25) is 4.79 Å². The van der Waals surface area contributed by atoms with E-state index in [1.165, 1.54) is 0 Å². The fourth-order valence-electron chi connectivity index (χ4n) is 1.79. The van der Waals surface area contributed by atoms with Gasteiger partial charge in [0.2, 0.25) is 5.69 Å². The van der Waals surface area contributed by atoms with E-state index in [4.69, 9.17) is 18.2 Å². The minimum absolute atomic E-state index is 0.378. The molecule has 1 heterocycles. The molecule has 0 aliphatic heterocycles. The summed E-state index contributed by atoms with van der Waals surface area (Å²) in [4.78, 5) is 14.2. The molecule has 0 atom stereocenters. The van der Waals surface area contributed by atoms with Gasteiger partial charge in [0.05, 0.1) is 29.2 Å². The van der Waals surface area contributed by atoms with Gasteiger partial charge in [0.25, 0.3) is 0 Å². The van der Waals surface area contributed by atoms with E-state index < -0.39 is 0 Å². The molecule has 0 radical (unpaired) electrons. The van der Waals surface area contributed by atoms with Gasteiger partial charge >= 0.3 is 0 Å². The zero-order valence-electron chi connectivity index (χ0n) is 9.94. The van der Waals surface area contributed by atoms with E-state index in [1.54, 1.807) is 29.8 Å². The van der Waals surface area contributed by atoms with Crippen LogP contribution in [-0.2, 0) is 0 Å². The number of carbonyl (C=O) groups excluding carboxylic acids is 1. The van der Waals surface area contributed by atoms with Crippen molar-refractivity contribution >= 4 is 23.6 Å². The summed E-state index contributed by atoms with van der Waals surface area (Å²) in [6.07, 6.45) is 0.795. The number of benzene rings is 1. The first-order valence-corrected chi connectivity index (χ1v) is 5.65. The highest BCUT2D eigenvalue weighted by Crippen LogP contribution is 2.28. The maximum Gasteiger partial charge on any atom is 0.205 e. The van der Waals surface area contributed by atoms with Crippen molar-refractivity contribution < 1.29 is 4.79 Å². The number of halogens is 1. The lowest BCUT2D eigenvalue weighted by atomic mass is 10.2. The van der Waals surface area contributed by atoms with Gasteiger partial charge in [0, 0.05) is 5.02 Å². The maximum atomic E-state index is 10.9. The fourth-order valence-corrected chi connectivity index (χ4v) is 2.01. The van der Waals surface area contributed by atoms with Gasteiger partial charge in [0.15, 0.2) is 6.29 Å². The molecule has 18 heavy (non-hydrogen) atoms. The molecule has 0 aliphatic carbocycles. The largest absolute Gasteiger partial charge is 0.298 e. The van der Waals surface area contributed by atoms with E-state index in [1.807, 2.05) is 6.92 Å². The highest BCUT2D eigenvalue weighted by molar-refractivity contribution is 6.33. The zero-order valence-corrected chi connectivity index (χ0v) is 10.7. The van der Waals surface area contributed by atoms with Crippen molar-refractivity contribution in [3.8, 4) is 5.69 Å². The molecular weight excluding hydrogens is 250 g/mol. The fraction of sp³-hybridized carbons (Fsp3) is 0.154. The molecule has 4 nitrogen and oxygen atoms in total. The second kappa shape index (κ2) is 4.63.